The molecule has 1 aliphatic heterocycles. The van der Waals surface area contributed by atoms with Gasteiger partial charge in [-0.25, -0.2) is 4.39 Å². The highest BCUT2D eigenvalue weighted by molar-refractivity contribution is 5.48. The zero-order valence-corrected chi connectivity index (χ0v) is 17.2. The fourth-order valence-electron chi connectivity index (χ4n) is 3.92. The van der Waals surface area contributed by atoms with Crippen molar-refractivity contribution in [2.75, 3.05) is 6.79 Å². The summed E-state index contributed by atoms with van der Waals surface area (Å²) in [6, 6.07) is 21.3. The number of rotatable bonds is 7. The maximum atomic E-state index is 14.3. The van der Waals surface area contributed by atoms with E-state index in [0.29, 0.717) is 6.42 Å². The van der Waals surface area contributed by atoms with Crippen molar-refractivity contribution in [1.29, 1.82) is 0 Å². The first-order valence-corrected chi connectivity index (χ1v) is 10.3. The molecule has 0 aliphatic carbocycles. The number of benzene rings is 3. The van der Waals surface area contributed by atoms with Crippen molar-refractivity contribution in [3.8, 4) is 23.8 Å². The molecule has 4 rings (SSSR count). The minimum Gasteiger partial charge on any atom is -0.454 e. The third kappa shape index (κ3) is 4.33. The van der Waals surface area contributed by atoms with E-state index in [9.17, 15) is 4.39 Å². The number of aryl methyl sites for hydroxylation is 1. The molecule has 1 aliphatic rings. The Morgan fingerprint density at radius 2 is 1.77 bits per heavy atom. The second-order valence-corrected chi connectivity index (χ2v) is 7.99. The lowest BCUT2D eigenvalue weighted by molar-refractivity contribution is 0.174. The molecule has 0 saturated carbocycles. The van der Waals surface area contributed by atoms with Gasteiger partial charge < -0.3 is 9.47 Å². The second-order valence-electron chi connectivity index (χ2n) is 7.99. The van der Waals surface area contributed by atoms with E-state index >= 15 is 0 Å². The third-order valence-electron chi connectivity index (χ3n) is 5.82. The van der Waals surface area contributed by atoms with Crippen molar-refractivity contribution in [1.82, 2.24) is 0 Å². The molecule has 0 spiro atoms. The molecule has 1 atom stereocenters. The predicted molar refractivity (Wildman–Crippen MR) is 117 cm³/mol. The number of terminal acetylenes is 1. The summed E-state index contributed by atoms with van der Waals surface area (Å²) in [7, 11) is 0. The van der Waals surface area contributed by atoms with Crippen LogP contribution in [0.4, 0.5) is 4.39 Å². The molecule has 3 aromatic carbocycles. The Morgan fingerprint density at radius 3 is 2.57 bits per heavy atom. The zero-order valence-electron chi connectivity index (χ0n) is 17.2. The maximum Gasteiger partial charge on any atom is 0.231 e. The number of ether oxygens (including phenoxy) is 2. The van der Waals surface area contributed by atoms with Crippen LogP contribution in [0.2, 0.25) is 0 Å². The average molecular weight is 400 g/mol. The highest BCUT2D eigenvalue weighted by Crippen LogP contribution is 2.38. The Bertz CT molecular complexity index is 1070. The van der Waals surface area contributed by atoms with Gasteiger partial charge in [-0.15, -0.1) is 6.42 Å². The summed E-state index contributed by atoms with van der Waals surface area (Å²) < 4.78 is 25.2. The van der Waals surface area contributed by atoms with Gasteiger partial charge in [0.1, 0.15) is 5.82 Å². The van der Waals surface area contributed by atoms with Gasteiger partial charge in [-0.1, -0.05) is 54.5 Å². The molecular weight excluding hydrogens is 375 g/mol. The van der Waals surface area contributed by atoms with Crippen LogP contribution in [0.15, 0.2) is 66.7 Å². The van der Waals surface area contributed by atoms with Crippen molar-refractivity contribution in [3.63, 3.8) is 0 Å². The maximum absolute atomic E-state index is 14.3. The van der Waals surface area contributed by atoms with Gasteiger partial charge in [0.15, 0.2) is 11.5 Å². The Labute approximate surface area is 177 Å². The van der Waals surface area contributed by atoms with Crippen molar-refractivity contribution < 1.29 is 13.9 Å². The minimum absolute atomic E-state index is 0.156. The Hall–Kier alpha value is -3.25. The monoisotopic (exact) mass is 400 g/mol. The second kappa shape index (κ2) is 8.63. The van der Waals surface area contributed by atoms with Gasteiger partial charge in [-0.2, -0.15) is 0 Å². The van der Waals surface area contributed by atoms with Gasteiger partial charge in [0.05, 0.1) is 5.41 Å². The summed E-state index contributed by atoms with van der Waals surface area (Å²) in [5, 5.41) is 0. The van der Waals surface area contributed by atoms with E-state index in [0.717, 1.165) is 53.0 Å². The Balaban J connectivity index is 1.43. The van der Waals surface area contributed by atoms with Gasteiger partial charge in [0.2, 0.25) is 6.79 Å². The Kier molecular flexibility index (Phi) is 5.77. The quantitative estimate of drug-likeness (QED) is 0.449. The van der Waals surface area contributed by atoms with Crippen molar-refractivity contribution in [3.05, 3.63) is 94.8 Å². The van der Waals surface area contributed by atoms with Crippen LogP contribution in [0.25, 0.3) is 0 Å². The average Bonchev–Trinajstić information content (AvgIpc) is 3.24. The smallest absolute Gasteiger partial charge is 0.231 e. The largest absolute Gasteiger partial charge is 0.454 e. The minimum atomic E-state index is -0.395. The molecule has 3 heteroatoms. The highest BCUT2D eigenvalue weighted by atomic mass is 19.1. The van der Waals surface area contributed by atoms with Gasteiger partial charge in [-0.05, 0) is 66.6 Å². The SMILES string of the molecule is C#CC(C)(CCCc1ccc(F)c(Cc2ccccc2)c1)c1ccc2c(c1)OCO2. The van der Waals surface area contributed by atoms with E-state index < -0.39 is 5.41 Å². The molecule has 0 amide bonds. The van der Waals surface area contributed by atoms with E-state index in [4.69, 9.17) is 15.9 Å². The molecule has 0 N–H and O–H groups in total. The zero-order chi connectivity index (χ0) is 21.0. The molecule has 3 aromatic rings. The van der Waals surface area contributed by atoms with Gasteiger partial charge in [0.25, 0.3) is 0 Å². The van der Waals surface area contributed by atoms with E-state index in [2.05, 4.69) is 12.8 Å². The van der Waals surface area contributed by atoms with Crippen LogP contribution in [-0.4, -0.2) is 6.79 Å². The Morgan fingerprint density at radius 1 is 0.967 bits per heavy atom. The van der Waals surface area contributed by atoms with Gasteiger partial charge >= 0.3 is 0 Å². The summed E-state index contributed by atoms with van der Waals surface area (Å²) in [4.78, 5) is 0. The third-order valence-corrected chi connectivity index (χ3v) is 5.82. The molecule has 1 unspecified atom stereocenters. The lowest BCUT2D eigenvalue weighted by Gasteiger charge is -2.24. The summed E-state index contributed by atoms with van der Waals surface area (Å²) in [5.41, 5.74) is 3.63. The first kappa shape index (κ1) is 20.0. The van der Waals surface area contributed by atoms with Crippen LogP contribution in [0.3, 0.4) is 0 Å². The van der Waals surface area contributed by atoms with Crippen LogP contribution in [-0.2, 0) is 18.3 Å². The van der Waals surface area contributed by atoms with Crippen molar-refractivity contribution >= 4 is 0 Å². The van der Waals surface area contributed by atoms with Crippen molar-refractivity contribution in [2.24, 2.45) is 0 Å². The standard InChI is InChI=1S/C27H25FO2/c1-3-27(2,23-12-14-25-26(18-23)30-19-29-25)15-7-10-21-11-13-24(28)22(17-21)16-20-8-5-4-6-9-20/h1,4-6,8-9,11-14,17-18H,7,10,15-16,19H2,2H3. The number of fused-ring (bicyclic) bond motifs is 1. The fourth-order valence-corrected chi connectivity index (χ4v) is 3.92. The molecular formula is C27H25FO2. The first-order chi connectivity index (χ1) is 14.6. The lowest BCUT2D eigenvalue weighted by atomic mass is 9.78. The van der Waals surface area contributed by atoms with Crippen LogP contribution in [0, 0.1) is 18.2 Å². The molecule has 0 bridgehead atoms. The number of hydrogen-bond acceptors (Lipinski definition) is 2. The number of halogens is 1. The van der Waals surface area contributed by atoms with E-state index in [1.165, 1.54) is 0 Å². The van der Waals surface area contributed by atoms with Crippen LogP contribution >= 0.6 is 0 Å². The summed E-state index contributed by atoms with van der Waals surface area (Å²) in [5.74, 6) is 4.32. The van der Waals surface area contributed by atoms with E-state index in [-0.39, 0.29) is 12.6 Å². The molecule has 1 heterocycles. The summed E-state index contributed by atoms with van der Waals surface area (Å²) in [6.07, 6.45) is 9.11. The number of hydrogen-bond donors (Lipinski definition) is 0. The van der Waals surface area contributed by atoms with E-state index in [1.54, 1.807) is 6.07 Å². The van der Waals surface area contributed by atoms with Crippen molar-refractivity contribution in [2.45, 2.75) is 38.0 Å². The van der Waals surface area contributed by atoms with Crippen LogP contribution in [0.1, 0.15) is 42.0 Å². The van der Waals surface area contributed by atoms with Crippen LogP contribution in [0.5, 0.6) is 11.5 Å². The summed E-state index contributed by atoms with van der Waals surface area (Å²) >= 11 is 0. The molecule has 0 saturated heterocycles. The van der Waals surface area contributed by atoms with E-state index in [1.807, 2.05) is 60.7 Å². The topological polar surface area (TPSA) is 18.5 Å². The van der Waals surface area contributed by atoms with Gasteiger partial charge in [-0.3, -0.25) is 0 Å². The molecule has 2 nitrogen and oxygen atoms in total. The predicted octanol–water partition coefficient (Wildman–Crippen LogP) is 6.06. The molecule has 152 valence electrons. The fraction of sp³-hybridized carbons (Fsp3) is 0.259. The summed E-state index contributed by atoms with van der Waals surface area (Å²) in [6.45, 7) is 2.33. The highest BCUT2D eigenvalue weighted by Gasteiger charge is 2.26. The lowest BCUT2D eigenvalue weighted by Crippen LogP contribution is -2.19. The molecule has 0 fully saturated rings. The van der Waals surface area contributed by atoms with Crippen LogP contribution < -0.4 is 9.47 Å². The normalized spacial score (nSPS) is 14.2. The van der Waals surface area contributed by atoms with Gasteiger partial charge in [0, 0.05) is 6.42 Å². The molecule has 0 radical (unpaired) electrons. The molecule has 0 aromatic heterocycles. The molecule has 30 heavy (non-hydrogen) atoms. The first-order valence-electron chi connectivity index (χ1n) is 10.3.